The van der Waals surface area contributed by atoms with Crippen LogP contribution in [0.1, 0.15) is 32.9 Å². The average Bonchev–Trinajstić information content (AvgIpc) is 3.21. The maximum Gasteiger partial charge on any atom is 0.274 e. The third-order valence-corrected chi connectivity index (χ3v) is 4.51. The minimum Gasteiger partial charge on any atom is -0.471 e. The van der Waals surface area contributed by atoms with E-state index in [-0.39, 0.29) is 12.6 Å². The summed E-state index contributed by atoms with van der Waals surface area (Å²) >= 11 is 0. The van der Waals surface area contributed by atoms with Crippen LogP contribution in [-0.2, 0) is 20.3 Å². The molecule has 0 fully saturated rings. The van der Waals surface area contributed by atoms with Crippen LogP contribution in [0.4, 0.5) is 0 Å². The van der Waals surface area contributed by atoms with E-state index in [0.29, 0.717) is 12.2 Å². The van der Waals surface area contributed by atoms with Gasteiger partial charge in [-0.15, -0.1) is 0 Å². The maximum atomic E-state index is 12.6. The molecule has 0 unspecified atom stereocenters. The lowest BCUT2D eigenvalue weighted by atomic mass is 10.1. The second kappa shape index (κ2) is 7.65. The van der Waals surface area contributed by atoms with E-state index in [1.807, 2.05) is 40.0 Å². The normalized spacial score (nSPS) is 10.9. The molecule has 3 aromatic rings. The number of benzene rings is 1. The highest BCUT2D eigenvalue weighted by Gasteiger charge is 2.17. The lowest BCUT2D eigenvalue weighted by Gasteiger charge is -2.15. The van der Waals surface area contributed by atoms with Crippen LogP contribution in [0.5, 0.6) is 5.75 Å². The van der Waals surface area contributed by atoms with Crippen LogP contribution in [0.25, 0.3) is 0 Å². The van der Waals surface area contributed by atoms with Crippen molar-refractivity contribution in [3.05, 3.63) is 64.7 Å². The molecule has 0 atom stereocenters. The fraction of sp³-hybridized carbons (Fsp3) is 0.350. The van der Waals surface area contributed by atoms with Gasteiger partial charge in [0.2, 0.25) is 0 Å². The Hall–Kier alpha value is -3.09. The van der Waals surface area contributed by atoms with Gasteiger partial charge in [0.15, 0.2) is 12.4 Å². The van der Waals surface area contributed by atoms with Gasteiger partial charge in [0.05, 0.1) is 6.20 Å². The Kier molecular flexibility index (Phi) is 5.30. The molecule has 3 rings (SSSR count). The lowest BCUT2D eigenvalue weighted by Crippen LogP contribution is -2.27. The summed E-state index contributed by atoms with van der Waals surface area (Å²) in [6, 6.07) is 7.76. The van der Waals surface area contributed by atoms with E-state index in [0.717, 1.165) is 28.1 Å². The molecule has 0 aliphatic heterocycles. The number of hydrogen-bond acceptors (Lipinski definition) is 4. The van der Waals surface area contributed by atoms with Crippen LogP contribution in [0.2, 0.25) is 0 Å². The molecule has 27 heavy (non-hydrogen) atoms. The first-order valence-corrected chi connectivity index (χ1v) is 8.81. The summed E-state index contributed by atoms with van der Waals surface area (Å²) in [5.74, 6) is 0.656. The average molecular weight is 367 g/mol. The van der Waals surface area contributed by atoms with Crippen molar-refractivity contribution in [2.45, 2.75) is 34.0 Å². The predicted molar refractivity (Wildman–Crippen MR) is 103 cm³/mol. The zero-order chi connectivity index (χ0) is 19.6. The third kappa shape index (κ3) is 4.36. The molecule has 0 radical (unpaired) electrons. The minimum atomic E-state index is -0.136. The summed E-state index contributed by atoms with van der Waals surface area (Å²) in [4.78, 5) is 14.3. The number of hydrogen-bond donors (Lipinski definition) is 0. The Balaban J connectivity index is 1.62. The molecule has 0 saturated heterocycles. The number of nitrogens with zero attached hydrogens (tertiary/aromatic N) is 5. The van der Waals surface area contributed by atoms with Gasteiger partial charge in [0.25, 0.3) is 5.91 Å². The maximum absolute atomic E-state index is 12.6. The van der Waals surface area contributed by atoms with Crippen molar-refractivity contribution in [3.63, 3.8) is 0 Å². The molecule has 0 aliphatic rings. The summed E-state index contributed by atoms with van der Waals surface area (Å²) in [5, 5.41) is 8.55. The summed E-state index contributed by atoms with van der Waals surface area (Å²) in [6.07, 6.45) is 3.54. The van der Waals surface area contributed by atoms with Crippen LogP contribution < -0.4 is 4.74 Å². The van der Waals surface area contributed by atoms with E-state index in [1.54, 1.807) is 39.8 Å². The van der Waals surface area contributed by atoms with Crippen LogP contribution in [0.15, 0.2) is 36.7 Å². The van der Waals surface area contributed by atoms with Crippen molar-refractivity contribution in [1.82, 2.24) is 24.5 Å². The SMILES string of the molecule is Cc1cc(C)cc(OCn2ccc(C(=O)N(C)Cc3cnn(C)c3C)n2)c1. The van der Waals surface area contributed by atoms with Gasteiger partial charge in [-0.1, -0.05) is 6.07 Å². The van der Waals surface area contributed by atoms with Crippen molar-refractivity contribution in [2.24, 2.45) is 7.05 Å². The van der Waals surface area contributed by atoms with Gasteiger partial charge in [0, 0.05) is 38.1 Å². The monoisotopic (exact) mass is 367 g/mol. The summed E-state index contributed by atoms with van der Waals surface area (Å²) < 4.78 is 9.20. The molecule has 7 nitrogen and oxygen atoms in total. The number of aryl methyl sites for hydroxylation is 3. The first kappa shape index (κ1) is 18.7. The molecule has 0 saturated carbocycles. The zero-order valence-electron chi connectivity index (χ0n) is 16.4. The fourth-order valence-electron chi connectivity index (χ4n) is 2.93. The first-order valence-electron chi connectivity index (χ1n) is 8.81. The Morgan fingerprint density at radius 2 is 1.89 bits per heavy atom. The molecule has 2 aromatic heterocycles. The number of carbonyl (C=O) groups is 1. The fourth-order valence-corrected chi connectivity index (χ4v) is 2.93. The van der Waals surface area contributed by atoms with Crippen LogP contribution in [0.3, 0.4) is 0 Å². The molecule has 142 valence electrons. The van der Waals surface area contributed by atoms with E-state index in [2.05, 4.69) is 16.3 Å². The standard InChI is InChI=1S/C20H25N5O2/c1-14-8-15(2)10-18(9-14)27-13-25-7-6-19(22-25)20(26)23(4)12-17-11-21-24(5)16(17)3/h6-11H,12-13H2,1-5H3. The van der Waals surface area contributed by atoms with Gasteiger partial charge in [-0.25, -0.2) is 4.68 Å². The van der Waals surface area contributed by atoms with E-state index in [4.69, 9.17) is 4.74 Å². The zero-order valence-corrected chi connectivity index (χ0v) is 16.4. The molecule has 2 heterocycles. The van der Waals surface area contributed by atoms with Gasteiger partial charge in [-0.2, -0.15) is 10.2 Å². The predicted octanol–water partition coefficient (Wildman–Crippen LogP) is 2.85. The van der Waals surface area contributed by atoms with Gasteiger partial charge in [0.1, 0.15) is 5.75 Å². The summed E-state index contributed by atoms with van der Waals surface area (Å²) in [7, 11) is 3.65. The Morgan fingerprint density at radius 1 is 1.19 bits per heavy atom. The second-order valence-corrected chi connectivity index (χ2v) is 6.88. The summed E-state index contributed by atoms with van der Waals surface area (Å²) in [5.41, 5.74) is 4.75. The Morgan fingerprint density at radius 3 is 2.52 bits per heavy atom. The quantitative estimate of drug-likeness (QED) is 0.672. The lowest BCUT2D eigenvalue weighted by molar-refractivity contribution is 0.0777. The van der Waals surface area contributed by atoms with Crippen molar-refractivity contribution in [1.29, 1.82) is 0 Å². The molecular weight excluding hydrogens is 342 g/mol. The van der Waals surface area contributed by atoms with Crippen molar-refractivity contribution in [2.75, 3.05) is 7.05 Å². The molecule has 7 heteroatoms. The Labute approximate surface area is 159 Å². The minimum absolute atomic E-state index is 0.136. The van der Waals surface area contributed by atoms with E-state index in [9.17, 15) is 4.79 Å². The largest absolute Gasteiger partial charge is 0.471 e. The third-order valence-electron chi connectivity index (χ3n) is 4.51. The highest BCUT2D eigenvalue weighted by Crippen LogP contribution is 2.17. The van der Waals surface area contributed by atoms with E-state index in [1.165, 1.54) is 0 Å². The molecule has 0 bridgehead atoms. The number of carbonyl (C=O) groups excluding carboxylic acids is 1. The number of amides is 1. The number of rotatable bonds is 6. The molecule has 1 amide bonds. The van der Waals surface area contributed by atoms with Crippen LogP contribution in [0, 0.1) is 20.8 Å². The molecule has 0 spiro atoms. The molecule has 0 N–H and O–H groups in total. The topological polar surface area (TPSA) is 65.2 Å². The highest BCUT2D eigenvalue weighted by molar-refractivity contribution is 5.91. The van der Waals surface area contributed by atoms with E-state index < -0.39 is 0 Å². The molecule has 1 aromatic carbocycles. The highest BCUT2D eigenvalue weighted by atomic mass is 16.5. The van der Waals surface area contributed by atoms with Gasteiger partial charge < -0.3 is 9.64 Å². The molecular formula is C20H25N5O2. The van der Waals surface area contributed by atoms with Crippen molar-refractivity contribution in [3.8, 4) is 5.75 Å². The van der Waals surface area contributed by atoms with Crippen molar-refractivity contribution < 1.29 is 9.53 Å². The second-order valence-electron chi connectivity index (χ2n) is 6.88. The summed E-state index contributed by atoms with van der Waals surface area (Å²) in [6.45, 7) is 6.79. The van der Waals surface area contributed by atoms with Crippen LogP contribution in [-0.4, -0.2) is 37.4 Å². The van der Waals surface area contributed by atoms with Crippen LogP contribution >= 0.6 is 0 Å². The number of aromatic nitrogens is 4. The number of ether oxygens (including phenoxy) is 1. The van der Waals surface area contributed by atoms with Gasteiger partial charge in [-0.3, -0.25) is 9.48 Å². The Bertz CT molecular complexity index is 937. The smallest absolute Gasteiger partial charge is 0.274 e. The van der Waals surface area contributed by atoms with Gasteiger partial charge in [-0.05, 0) is 50.1 Å². The van der Waals surface area contributed by atoms with Crippen molar-refractivity contribution >= 4 is 5.91 Å². The molecule has 0 aliphatic carbocycles. The van der Waals surface area contributed by atoms with E-state index >= 15 is 0 Å². The van der Waals surface area contributed by atoms with Gasteiger partial charge >= 0.3 is 0 Å². The first-order chi connectivity index (χ1) is 12.8.